The van der Waals surface area contributed by atoms with Gasteiger partial charge in [0, 0.05) is 54.3 Å². The molecular formula is C33H45BrClFN4O4. The Morgan fingerprint density at radius 1 is 1.07 bits per heavy atom. The summed E-state index contributed by atoms with van der Waals surface area (Å²) in [5.74, 6) is 0.175. The topological polar surface area (TPSA) is 74.3 Å². The zero-order valence-electron chi connectivity index (χ0n) is 26.2. The monoisotopic (exact) mass is 694 g/mol. The first-order valence-corrected chi connectivity index (χ1v) is 16.7. The van der Waals surface area contributed by atoms with Crippen LogP contribution in [0.5, 0.6) is 5.75 Å². The zero-order valence-corrected chi connectivity index (χ0v) is 28.6. The van der Waals surface area contributed by atoms with Gasteiger partial charge in [-0.3, -0.25) is 9.69 Å². The minimum absolute atomic E-state index is 0.00521. The quantitative estimate of drug-likeness (QED) is 0.323. The fraction of sp³-hybridized carbons (Fsp3) is 0.576. The molecule has 2 amide bonds. The number of carbonyl (C=O) groups is 2. The fourth-order valence-electron chi connectivity index (χ4n) is 5.87. The summed E-state index contributed by atoms with van der Waals surface area (Å²) in [6.45, 7) is 12.9. The molecule has 0 unspecified atom stereocenters. The molecule has 1 N–H and O–H groups in total. The predicted octanol–water partition coefficient (Wildman–Crippen LogP) is 6.13. The minimum atomic E-state index is -0.672. The van der Waals surface area contributed by atoms with E-state index in [4.69, 9.17) is 21.1 Å². The van der Waals surface area contributed by atoms with Gasteiger partial charge < -0.3 is 24.6 Å². The lowest BCUT2D eigenvalue weighted by molar-refractivity contribution is -0.137. The maximum atomic E-state index is 14.6. The van der Waals surface area contributed by atoms with E-state index >= 15 is 0 Å². The van der Waals surface area contributed by atoms with Crippen LogP contribution in [0, 0.1) is 11.7 Å². The Kier molecular flexibility index (Phi) is 12.3. The summed E-state index contributed by atoms with van der Waals surface area (Å²) in [6, 6.07) is 10.1. The number of benzene rings is 2. The van der Waals surface area contributed by atoms with Gasteiger partial charge in [0.2, 0.25) is 5.91 Å². The number of rotatable bonds is 10. The number of amides is 2. The highest BCUT2D eigenvalue weighted by Crippen LogP contribution is 2.27. The number of hydrogen-bond donors (Lipinski definition) is 1. The summed E-state index contributed by atoms with van der Waals surface area (Å²) < 4.78 is 26.9. The molecule has 2 aromatic carbocycles. The Labute approximate surface area is 274 Å². The van der Waals surface area contributed by atoms with Gasteiger partial charge in [0.05, 0.1) is 6.61 Å². The molecule has 2 aliphatic heterocycles. The molecule has 242 valence electrons. The third kappa shape index (κ3) is 9.80. The van der Waals surface area contributed by atoms with Crippen molar-refractivity contribution < 1.29 is 23.5 Å². The van der Waals surface area contributed by atoms with Crippen LogP contribution in [0.1, 0.15) is 51.7 Å². The van der Waals surface area contributed by atoms with E-state index in [0.717, 1.165) is 48.4 Å². The van der Waals surface area contributed by atoms with Crippen molar-refractivity contribution in [2.75, 3.05) is 52.4 Å². The van der Waals surface area contributed by atoms with Gasteiger partial charge in [0.15, 0.2) is 0 Å². The molecule has 1 atom stereocenters. The average Bonchev–Trinajstić information content (AvgIpc) is 2.98. The van der Waals surface area contributed by atoms with Gasteiger partial charge in [0.1, 0.15) is 23.2 Å². The van der Waals surface area contributed by atoms with E-state index in [1.165, 1.54) is 11.6 Å². The molecule has 2 fully saturated rings. The molecule has 2 saturated heterocycles. The zero-order chi connectivity index (χ0) is 31.9. The highest BCUT2D eigenvalue weighted by atomic mass is 79.9. The van der Waals surface area contributed by atoms with Crippen molar-refractivity contribution in [1.29, 1.82) is 0 Å². The number of hydrogen-bond acceptors (Lipinski definition) is 6. The van der Waals surface area contributed by atoms with Crippen molar-refractivity contribution in [2.45, 2.75) is 65.1 Å². The number of piperazine rings is 1. The molecule has 2 aliphatic rings. The molecule has 0 bridgehead atoms. The summed E-state index contributed by atoms with van der Waals surface area (Å²) in [5.41, 5.74) is 1.03. The van der Waals surface area contributed by atoms with E-state index in [2.05, 4.69) is 31.0 Å². The van der Waals surface area contributed by atoms with Crippen LogP contribution < -0.4 is 10.1 Å². The normalized spacial score (nSPS) is 17.8. The highest BCUT2D eigenvalue weighted by Gasteiger charge is 2.37. The number of halogens is 3. The molecule has 0 spiro atoms. The second kappa shape index (κ2) is 15.7. The first kappa shape index (κ1) is 34.5. The Bertz CT molecular complexity index is 1280. The molecule has 0 radical (unpaired) electrons. The van der Waals surface area contributed by atoms with Gasteiger partial charge in [-0.2, -0.15) is 0 Å². The third-order valence-corrected chi connectivity index (χ3v) is 9.20. The summed E-state index contributed by atoms with van der Waals surface area (Å²) in [5, 5.41) is 3.66. The number of ether oxygens (including phenoxy) is 2. The Balaban J connectivity index is 1.36. The number of piperidine rings is 1. The van der Waals surface area contributed by atoms with Crippen LogP contribution in [0.3, 0.4) is 0 Å². The van der Waals surface area contributed by atoms with Crippen molar-refractivity contribution in [3.63, 3.8) is 0 Å². The summed E-state index contributed by atoms with van der Waals surface area (Å²) in [4.78, 5) is 33.2. The molecule has 0 aromatic heterocycles. The van der Waals surface area contributed by atoms with Crippen LogP contribution in [-0.2, 0) is 22.5 Å². The van der Waals surface area contributed by atoms with E-state index < -0.39 is 17.7 Å². The molecule has 4 rings (SSSR count). The first-order valence-electron chi connectivity index (χ1n) is 15.5. The molecular weight excluding hydrogens is 651 g/mol. The second-order valence-electron chi connectivity index (χ2n) is 12.5. The summed E-state index contributed by atoms with van der Waals surface area (Å²) >= 11 is 9.82. The lowest BCUT2D eigenvalue weighted by atomic mass is 9.88. The standard InChI is InChI=1S/C33H45BrClFN4O4/c1-5-43-29-8-6-7-28(36)26(29)22-39-17-19-40(20-18-39)31(41)30(37-32(42)44-33(2,3)4)23-11-14-38(15-12-23)16-13-24-21-25(35)9-10-27(24)34/h6-10,21,23,30H,5,11-20,22H2,1-4H3,(H,37,42)/t30-/m1/s1. The Hall–Kier alpha value is -2.40. The van der Waals surface area contributed by atoms with Gasteiger partial charge in [-0.1, -0.05) is 33.6 Å². The van der Waals surface area contributed by atoms with Crippen molar-refractivity contribution >= 4 is 39.5 Å². The van der Waals surface area contributed by atoms with Crippen molar-refractivity contribution in [1.82, 2.24) is 20.0 Å². The van der Waals surface area contributed by atoms with Crippen LogP contribution in [0.2, 0.25) is 5.02 Å². The number of carbonyl (C=O) groups excluding carboxylic acids is 2. The third-order valence-electron chi connectivity index (χ3n) is 8.19. The van der Waals surface area contributed by atoms with E-state index in [1.807, 2.05) is 50.8 Å². The molecule has 0 saturated carbocycles. The molecule has 2 aromatic rings. The van der Waals surface area contributed by atoms with Crippen LogP contribution >= 0.6 is 27.5 Å². The van der Waals surface area contributed by atoms with Gasteiger partial charge in [0.25, 0.3) is 0 Å². The Morgan fingerprint density at radius 3 is 2.43 bits per heavy atom. The van der Waals surface area contributed by atoms with Crippen LogP contribution in [0.4, 0.5) is 9.18 Å². The van der Waals surface area contributed by atoms with Gasteiger partial charge in [-0.25, -0.2) is 9.18 Å². The average molecular weight is 696 g/mol. The molecule has 11 heteroatoms. The highest BCUT2D eigenvalue weighted by molar-refractivity contribution is 9.10. The number of likely N-dealkylation sites (tertiary alicyclic amines) is 1. The maximum Gasteiger partial charge on any atom is 0.408 e. The fourth-order valence-corrected chi connectivity index (χ4v) is 6.51. The van der Waals surface area contributed by atoms with Crippen molar-refractivity contribution in [3.8, 4) is 5.75 Å². The van der Waals surface area contributed by atoms with Crippen LogP contribution in [-0.4, -0.2) is 90.8 Å². The maximum absolute atomic E-state index is 14.6. The molecule has 8 nitrogen and oxygen atoms in total. The van der Waals surface area contributed by atoms with Gasteiger partial charge in [-0.05, 0) is 102 Å². The van der Waals surface area contributed by atoms with Gasteiger partial charge in [-0.15, -0.1) is 0 Å². The molecule has 44 heavy (non-hydrogen) atoms. The van der Waals surface area contributed by atoms with Crippen LogP contribution in [0.25, 0.3) is 0 Å². The van der Waals surface area contributed by atoms with E-state index in [0.29, 0.717) is 50.6 Å². The smallest absolute Gasteiger partial charge is 0.408 e. The number of alkyl carbamates (subject to hydrolysis) is 1. The van der Waals surface area contributed by atoms with Crippen LogP contribution in [0.15, 0.2) is 40.9 Å². The van der Waals surface area contributed by atoms with Crippen molar-refractivity contribution in [2.24, 2.45) is 5.92 Å². The van der Waals surface area contributed by atoms with E-state index in [1.54, 1.807) is 12.1 Å². The lowest BCUT2D eigenvalue weighted by Gasteiger charge is -2.40. The number of nitrogens with zero attached hydrogens (tertiary/aromatic N) is 3. The Morgan fingerprint density at radius 2 is 1.77 bits per heavy atom. The second-order valence-corrected chi connectivity index (χ2v) is 13.8. The molecule has 2 heterocycles. The lowest BCUT2D eigenvalue weighted by Crippen LogP contribution is -2.58. The summed E-state index contributed by atoms with van der Waals surface area (Å²) in [6.07, 6.45) is 1.87. The van der Waals surface area contributed by atoms with E-state index in [9.17, 15) is 14.0 Å². The predicted molar refractivity (Wildman–Crippen MR) is 175 cm³/mol. The van der Waals surface area contributed by atoms with Gasteiger partial charge >= 0.3 is 6.09 Å². The largest absolute Gasteiger partial charge is 0.493 e. The first-order chi connectivity index (χ1) is 20.9. The summed E-state index contributed by atoms with van der Waals surface area (Å²) in [7, 11) is 0. The molecule has 0 aliphatic carbocycles. The van der Waals surface area contributed by atoms with Crippen molar-refractivity contribution in [3.05, 3.63) is 62.8 Å². The minimum Gasteiger partial charge on any atom is -0.493 e. The number of nitrogens with one attached hydrogen (secondary N) is 1. The SMILES string of the molecule is CCOc1cccc(F)c1CN1CCN(C(=O)[C@H](NC(=O)OC(C)(C)C)C2CCN(CCc3cc(Cl)ccc3Br)CC2)CC1. The van der Waals surface area contributed by atoms with E-state index in [-0.39, 0.29) is 17.6 Å².